The van der Waals surface area contributed by atoms with E-state index in [-0.39, 0.29) is 5.45 Å². The molecular weight excluding hydrogens is 203 g/mol. The molecular formula is C3H3BrF3NO. The van der Waals surface area contributed by atoms with E-state index in [2.05, 4.69) is 15.9 Å². The summed E-state index contributed by atoms with van der Waals surface area (Å²) >= 11 is 2.61. The predicted octanol–water partition coefficient (Wildman–Crippen LogP) is 1.02. The summed E-state index contributed by atoms with van der Waals surface area (Å²) in [5, 5.41) is 1.54. The third kappa shape index (κ3) is 3.34. The van der Waals surface area contributed by atoms with Crippen LogP contribution in [0.4, 0.5) is 13.2 Å². The largest absolute Gasteiger partial charge is 0.471 e. The number of carbonyl (C=O) groups is 1. The fraction of sp³-hybridized carbons (Fsp3) is 0.667. The molecule has 0 aromatic heterocycles. The molecule has 0 aromatic rings. The summed E-state index contributed by atoms with van der Waals surface area (Å²) in [4.78, 5) is 9.80. The average Bonchev–Trinajstić information content (AvgIpc) is 1.64. The van der Waals surface area contributed by atoms with Crippen LogP contribution < -0.4 is 5.32 Å². The number of hydrogen-bond acceptors (Lipinski definition) is 1. The van der Waals surface area contributed by atoms with E-state index in [1.165, 1.54) is 5.32 Å². The molecule has 0 spiro atoms. The second-order valence-corrected chi connectivity index (χ2v) is 1.70. The normalized spacial score (nSPS) is 11.1. The van der Waals surface area contributed by atoms with Gasteiger partial charge in [0.2, 0.25) is 0 Å². The molecule has 9 heavy (non-hydrogen) atoms. The minimum atomic E-state index is -4.77. The van der Waals surface area contributed by atoms with E-state index in [1.807, 2.05) is 0 Å². The van der Waals surface area contributed by atoms with Crippen LogP contribution >= 0.6 is 15.9 Å². The molecule has 0 rings (SSSR count). The lowest BCUT2D eigenvalue weighted by atomic mass is 10.6. The van der Waals surface area contributed by atoms with Gasteiger partial charge < -0.3 is 5.32 Å². The van der Waals surface area contributed by atoms with Crippen molar-refractivity contribution in [2.75, 3.05) is 5.45 Å². The second-order valence-electron chi connectivity index (χ2n) is 1.14. The fourth-order valence-electron chi connectivity index (χ4n) is 0.161. The lowest BCUT2D eigenvalue weighted by Gasteiger charge is -2.03. The van der Waals surface area contributed by atoms with Crippen LogP contribution in [0.2, 0.25) is 0 Å². The first kappa shape index (κ1) is 8.74. The van der Waals surface area contributed by atoms with Gasteiger partial charge in [-0.25, -0.2) is 0 Å². The van der Waals surface area contributed by atoms with Crippen molar-refractivity contribution >= 4 is 21.8 Å². The van der Waals surface area contributed by atoms with Crippen LogP contribution in [0, 0.1) is 0 Å². The maximum absolute atomic E-state index is 11.2. The molecule has 0 aromatic carbocycles. The van der Waals surface area contributed by atoms with Gasteiger partial charge in [0.15, 0.2) is 0 Å². The maximum atomic E-state index is 11.2. The molecule has 2 nitrogen and oxygen atoms in total. The molecule has 0 atom stereocenters. The Labute approximate surface area is 57.5 Å². The van der Waals surface area contributed by atoms with Gasteiger partial charge in [-0.3, -0.25) is 4.79 Å². The van der Waals surface area contributed by atoms with Crippen molar-refractivity contribution in [1.29, 1.82) is 0 Å². The number of rotatable bonds is 1. The number of hydrogen-bond donors (Lipinski definition) is 1. The predicted molar refractivity (Wildman–Crippen MR) is 28.0 cm³/mol. The van der Waals surface area contributed by atoms with Gasteiger partial charge in [0.25, 0.3) is 0 Å². The molecule has 0 unspecified atom stereocenters. The minimum Gasteiger partial charge on any atom is -0.339 e. The number of halogens is 4. The minimum absolute atomic E-state index is 0.189. The molecule has 0 aliphatic carbocycles. The first-order valence-electron chi connectivity index (χ1n) is 1.89. The molecule has 0 bridgehead atoms. The Morgan fingerprint density at radius 1 is 1.56 bits per heavy atom. The monoisotopic (exact) mass is 205 g/mol. The zero-order valence-corrected chi connectivity index (χ0v) is 5.71. The van der Waals surface area contributed by atoms with E-state index in [4.69, 9.17) is 0 Å². The number of nitrogens with one attached hydrogen (secondary N) is 1. The lowest BCUT2D eigenvalue weighted by molar-refractivity contribution is -0.173. The van der Waals surface area contributed by atoms with Gasteiger partial charge in [-0.15, -0.1) is 0 Å². The molecule has 0 heterocycles. The molecule has 0 saturated carbocycles. The highest BCUT2D eigenvalue weighted by atomic mass is 79.9. The zero-order valence-electron chi connectivity index (χ0n) is 4.13. The van der Waals surface area contributed by atoms with E-state index in [0.29, 0.717) is 0 Å². The molecule has 0 aliphatic rings. The number of alkyl halides is 4. The fourth-order valence-corrected chi connectivity index (χ4v) is 0.416. The third-order valence-electron chi connectivity index (χ3n) is 0.485. The van der Waals surface area contributed by atoms with Crippen molar-refractivity contribution in [2.45, 2.75) is 6.18 Å². The van der Waals surface area contributed by atoms with Crippen molar-refractivity contribution in [2.24, 2.45) is 0 Å². The molecule has 0 fully saturated rings. The lowest BCUT2D eigenvalue weighted by Crippen LogP contribution is -2.35. The van der Waals surface area contributed by atoms with Crippen LogP contribution in [0.25, 0.3) is 0 Å². The second kappa shape index (κ2) is 3.05. The zero-order chi connectivity index (χ0) is 7.49. The van der Waals surface area contributed by atoms with E-state index < -0.39 is 12.1 Å². The molecule has 1 N–H and O–H groups in total. The Hall–Kier alpha value is -0.260. The quantitative estimate of drug-likeness (QED) is 0.503. The Morgan fingerprint density at radius 2 is 2.00 bits per heavy atom. The Kier molecular flexibility index (Phi) is 2.96. The van der Waals surface area contributed by atoms with Gasteiger partial charge >= 0.3 is 12.1 Å². The first-order valence-corrected chi connectivity index (χ1v) is 3.01. The summed E-state index contributed by atoms with van der Waals surface area (Å²) < 4.78 is 33.6. The molecule has 6 heteroatoms. The molecule has 0 radical (unpaired) electrons. The van der Waals surface area contributed by atoms with Crippen molar-refractivity contribution < 1.29 is 18.0 Å². The van der Waals surface area contributed by atoms with E-state index in [1.54, 1.807) is 0 Å². The smallest absolute Gasteiger partial charge is 0.339 e. The number of amides is 1. The standard InChI is InChI=1S/C3H3BrF3NO/c4-1-8-2(9)3(5,6)7/h1H2,(H,8,9). The van der Waals surface area contributed by atoms with Crippen LogP contribution in [0.1, 0.15) is 0 Å². The van der Waals surface area contributed by atoms with E-state index >= 15 is 0 Å². The highest BCUT2D eigenvalue weighted by molar-refractivity contribution is 9.09. The van der Waals surface area contributed by atoms with Gasteiger partial charge in [-0.05, 0) is 0 Å². The summed E-state index contributed by atoms with van der Waals surface area (Å²) in [7, 11) is 0. The van der Waals surface area contributed by atoms with Crippen LogP contribution in [-0.4, -0.2) is 17.5 Å². The van der Waals surface area contributed by atoms with Crippen LogP contribution in [-0.2, 0) is 4.79 Å². The molecule has 0 saturated heterocycles. The average molecular weight is 206 g/mol. The Balaban J connectivity index is 3.74. The molecule has 0 aliphatic heterocycles. The van der Waals surface area contributed by atoms with Crippen LogP contribution in [0.15, 0.2) is 0 Å². The van der Waals surface area contributed by atoms with Crippen molar-refractivity contribution in [3.05, 3.63) is 0 Å². The molecule has 54 valence electrons. The van der Waals surface area contributed by atoms with Crippen molar-refractivity contribution in [3.63, 3.8) is 0 Å². The topological polar surface area (TPSA) is 29.1 Å². The molecule has 1 amide bonds. The summed E-state index contributed by atoms with van der Waals surface area (Å²) in [6.45, 7) is 0. The van der Waals surface area contributed by atoms with Gasteiger partial charge in [0, 0.05) is 0 Å². The SMILES string of the molecule is O=C(NCBr)C(F)(F)F. The van der Waals surface area contributed by atoms with Crippen LogP contribution in [0.3, 0.4) is 0 Å². The Bertz CT molecular complexity index is 112. The van der Waals surface area contributed by atoms with Crippen molar-refractivity contribution in [1.82, 2.24) is 5.32 Å². The van der Waals surface area contributed by atoms with E-state index in [9.17, 15) is 18.0 Å². The van der Waals surface area contributed by atoms with Gasteiger partial charge in [-0.2, -0.15) is 13.2 Å². The summed E-state index contributed by atoms with van der Waals surface area (Å²) in [6, 6.07) is 0. The van der Waals surface area contributed by atoms with Crippen molar-refractivity contribution in [3.8, 4) is 0 Å². The van der Waals surface area contributed by atoms with Gasteiger partial charge in [-0.1, -0.05) is 15.9 Å². The Morgan fingerprint density at radius 3 is 2.11 bits per heavy atom. The summed E-state index contributed by atoms with van der Waals surface area (Å²) in [5.74, 6) is -1.93. The van der Waals surface area contributed by atoms with E-state index in [0.717, 1.165) is 0 Å². The number of carbonyl (C=O) groups excluding carboxylic acids is 1. The van der Waals surface area contributed by atoms with Gasteiger partial charge in [0.1, 0.15) is 0 Å². The highest BCUT2D eigenvalue weighted by Crippen LogP contribution is 2.13. The first-order chi connectivity index (χ1) is 3.98. The highest BCUT2D eigenvalue weighted by Gasteiger charge is 2.37. The maximum Gasteiger partial charge on any atom is 0.471 e. The van der Waals surface area contributed by atoms with Crippen LogP contribution in [0.5, 0.6) is 0 Å². The van der Waals surface area contributed by atoms with Gasteiger partial charge in [0.05, 0.1) is 5.45 Å². The summed E-state index contributed by atoms with van der Waals surface area (Å²) in [6.07, 6.45) is -4.77. The third-order valence-corrected chi connectivity index (χ3v) is 0.765. The summed E-state index contributed by atoms with van der Waals surface area (Å²) in [5.41, 5.74) is -0.189.